The number of ether oxygens (including phenoxy) is 2. The van der Waals surface area contributed by atoms with Gasteiger partial charge in [0.25, 0.3) is 0 Å². The van der Waals surface area contributed by atoms with Crippen molar-refractivity contribution in [2.75, 3.05) is 47.5 Å². The Morgan fingerprint density at radius 2 is 1.15 bits per heavy atom. The zero-order valence-corrected chi connectivity index (χ0v) is 26.5. The van der Waals surface area contributed by atoms with Gasteiger partial charge in [-0.2, -0.15) is 0 Å². The van der Waals surface area contributed by atoms with Gasteiger partial charge in [-0.25, -0.2) is 4.57 Å². The standard InChI is InChI=1S/C29H58NO8P/c1-6-8-10-12-14-15-16-18-20-22-29(32)38-27(25-35-28(31)21-19-17-13-11-9-7-2)26-37-39(33,34)36-24-23-30(3,4)5/h27H,6-26H2,1-5H3/p+1. The van der Waals surface area contributed by atoms with E-state index in [-0.39, 0.29) is 25.6 Å². The van der Waals surface area contributed by atoms with Crippen molar-refractivity contribution >= 4 is 19.8 Å². The molecule has 0 fully saturated rings. The van der Waals surface area contributed by atoms with E-state index in [0.717, 1.165) is 38.5 Å². The summed E-state index contributed by atoms with van der Waals surface area (Å²) in [4.78, 5) is 34.6. The van der Waals surface area contributed by atoms with Crippen LogP contribution >= 0.6 is 7.82 Å². The molecule has 0 bridgehead atoms. The van der Waals surface area contributed by atoms with Crippen LogP contribution < -0.4 is 0 Å². The predicted molar refractivity (Wildman–Crippen MR) is 155 cm³/mol. The Kier molecular flexibility index (Phi) is 23.1. The van der Waals surface area contributed by atoms with Gasteiger partial charge in [-0.3, -0.25) is 18.6 Å². The van der Waals surface area contributed by atoms with Gasteiger partial charge in [-0.15, -0.1) is 0 Å². The maximum absolute atomic E-state index is 12.4. The first-order chi connectivity index (χ1) is 18.5. The Hall–Kier alpha value is -0.990. The van der Waals surface area contributed by atoms with Crippen molar-refractivity contribution in [1.29, 1.82) is 0 Å². The molecule has 0 aliphatic carbocycles. The van der Waals surface area contributed by atoms with Gasteiger partial charge < -0.3 is 18.9 Å². The lowest BCUT2D eigenvalue weighted by molar-refractivity contribution is -0.870. The third-order valence-electron chi connectivity index (χ3n) is 6.39. The molecular weight excluding hydrogens is 521 g/mol. The zero-order chi connectivity index (χ0) is 29.4. The molecule has 0 radical (unpaired) electrons. The van der Waals surface area contributed by atoms with Crippen molar-refractivity contribution in [2.24, 2.45) is 0 Å². The highest BCUT2D eigenvalue weighted by Crippen LogP contribution is 2.43. The smallest absolute Gasteiger partial charge is 0.462 e. The summed E-state index contributed by atoms with van der Waals surface area (Å²) in [7, 11) is 1.48. The summed E-state index contributed by atoms with van der Waals surface area (Å²) in [6, 6.07) is 0. The number of hydrogen-bond acceptors (Lipinski definition) is 7. The minimum absolute atomic E-state index is 0.0353. The van der Waals surface area contributed by atoms with E-state index >= 15 is 0 Å². The number of esters is 2. The van der Waals surface area contributed by atoms with Crippen LogP contribution in [0.3, 0.4) is 0 Å². The van der Waals surface area contributed by atoms with Crippen molar-refractivity contribution in [3.8, 4) is 0 Å². The first-order valence-corrected chi connectivity index (χ1v) is 16.8. The second-order valence-corrected chi connectivity index (χ2v) is 13.0. The number of likely N-dealkylation sites (N-methyl/N-ethyl adjacent to an activating group) is 1. The quantitative estimate of drug-likeness (QED) is 0.0481. The molecule has 0 aromatic heterocycles. The summed E-state index contributed by atoms with van der Waals surface area (Å²) in [6.07, 6.45) is 16.1. The first kappa shape index (κ1) is 38.0. The predicted octanol–water partition coefficient (Wildman–Crippen LogP) is 6.95. The highest BCUT2D eigenvalue weighted by molar-refractivity contribution is 7.47. The lowest BCUT2D eigenvalue weighted by Crippen LogP contribution is -2.37. The lowest BCUT2D eigenvalue weighted by atomic mass is 10.1. The topological polar surface area (TPSA) is 108 Å². The third kappa shape index (κ3) is 27.0. The van der Waals surface area contributed by atoms with Crippen LogP contribution in [0.15, 0.2) is 0 Å². The van der Waals surface area contributed by atoms with E-state index in [4.69, 9.17) is 18.5 Å². The summed E-state index contributed by atoms with van der Waals surface area (Å²) in [5.74, 6) is -0.811. The molecule has 39 heavy (non-hydrogen) atoms. The number of quaternary nitrogens is 1. The van der Waals surface area contributed by atoms with E-state index in [9.17, 15) is 19.0 Å². The molecule has 0 aliphatic rings. The summed E-state index contributed by atoms with van der Waals surface area (Å²) in [6.45, 7) is 4.30. The fourth-order valence-electron chi connectivity index (χ4n) is 3.89. The highest BCUT2D eigenvalue weighted by atomic mass is 31.2. The first-order valence-electron chi connectivity index (χ1n) is 15.3. The van der Waals surface area contributed by atoms with Gasteiger partial charge in [-0.05, 0) is 12.8 Å². The Labute approximate surface area is 238 Å². The number of rotatable bonds is 27. The number of nitrogens with zero attached hydrogens (tertiary/aromatic N) is 1. The summed E-state index contributed by atoms with van der Waals surface area (Å²) >= 11 is 0. The summed E-state index contributed by atoms with van der Waals surface area (Å²) < 4.78 is 33.8. The Balaban J connectivity index is 4.55. The number of unbranched alkanes of at least 4 members (excludes halogenated alkanes) is 13. The molecule has 0 saturated carbocycles. The zero-order valence-electron chi connectivity index (χ0n) is 25.6. The Morgan fingerprint density at radius 1 is 0.692 bits per heavy atom. The summed E-state index contributed by atoms with van der Waals surface area (Å²) in [5, 5.41) is 0. The summed E-state index contributed by atoms with van der Waals surface area (Å²) in [5.41, 5.74) is 0. The van der Waals surface area contributed by atoms with Crippen molar-refractivity contribution in [1.82, 2.24) is 0 Å². The average Bonchev–Trinajstić information content (AvgIpc) is 2.85. The van der Waals surface area contributed by atoms with Gasteiger partial charge >= 0.3 is 19.8 Å². The number of phosphoric acid groups is 1. The van der Waals surface area contributed by atoms with Crippen LogP contribution in [0.25, 0.3) is 0 Å². The second kappa shape index (κ2) is 23.7. The number of carbonyl (C=O) groups excluding carboxylic acids is 2. The molecule has 0 saturated heterocycles. The van der Waals surface area contributed by atoms with Crippen molar-refractivity contribution in [3.05, 3.63) is 0 Å². The molecule has 0 heterocycles. The Bertz CT molecular complexity index is 668. The molecule has 0 amide bonds. The van der Waals surface area contributed by atoms with Gasteiger partial charge in [0.1, 0.15) is 19.8 Å². The van der Waals surface area contributed by atoms with E-state index in [0.29, 0.717) is 23.9 Å². The van der Waals surface area contributed by atoms with E-state index < -0.39 is 26.5 Å². The van der Waals surface area contributed by atoms with Gasteiger partial charge in [0.05, 0.1) is 27.7 Å². The lowest BCUT2D eigenvalue weighted by Gasteiger charge is -2.24. The van der Waals surface area contributed by atoms with Crippen LogP contribution in [0.5, 0.6) is 0 Å². The van der Waals surface area contributed by atoms with Crippen molar-refractivity contribution in [2.45, 2.75) is 129 Å². The molecule has 0 aromatic rings. The maximum atomic E-state index is 12.4. The van der Waals surface area contributed by atoms with Crippen LogP contribution in [-0.2, 0) is 32.7 Å². The fraction of sp³-hybridized carbons (Fsp3) is 0.931. The molecule has 0 rings (SSSR count). The Morgan fingerprint density at radius 3 is 1.64 bits per heavy atom. The van der Waals surface area contributed by atoms with Crippen LogP contribution in [0.2, 0.25) is 0 Å². The normalized spacial score (nSPS) is 14.1. The van der Waals surface area contributed by atoms with Gasteiger partial charge in [-0.1, -0.05) is 97.3 Å². The van der Waals surface area contributed by atoms with E-state index in [1.54, 1.807) is 0 Å². The van der Waals surface area contributed by atoms with Crippen molar-refractivity contribution in [3.63, 3.8) is 0 Å². The average molecular weight is 581 g/mol. The molecule has 1 N–H and O–H groups in total. The molecule has 0 aromatic carbocycles. The second-order valence-electron chi connectivity index (χ2n) is 11.5. The van der Waals surface area contributed by atoms with Gasteiger partial charge in [0.15, 0.2) is 6.10 Å². The number of hydrogen-bond donors (Lipinski definition) is 1. The van der Waals surface area contributed by atoms with Crippen LogP contribution in [0.4, 0.5) is 0 Å². The molecule has 9 nitrogen and oxygen atoms in total. The number of carbonyl (C=O) groups is 2. The minimum atomic E-state index is -4.34. The van der Waals surface area contributed by atoms with Crippen LogP contribution in [0, 0.1) is 0 Å². The molecule has 2 unspecified atom stereocenters. The molecule has 10 heteroatoms. The van der Waals surface area contributed by atoms with Crippen molar-refractivity contribution < 1.29 is 42.1 Å². The molecule has 232 valence electrons. The van der Waals surface area contributed by atoms with Crippen LogP contribution in [0.1, 0.15) is 123 Å². The SMILES string of the molecule is CCCCCCCCCCCC(=O)OC(COC(=O)CCCCCCCC)COP(=O)(O)OCC[N+](C)(C)C. The fourth-order valence-corrected chi connectivity index (χ4v) is 4.63. The largest absolute Gasteiger partial charge is 0.472 e. The minimum Gasteiger partial charge on any atom is -0.462 e. The van der Waals surface area contributed by atoms with E-state index in [1.807, 2.05) is 21.1 Å². The molecule has 0 aliphatic heterocycles. The third-order valence-corrected chi connectivity index (χ3v) is 7.37. The van der Waals surface area contributed by atoms with Crippen LogP contribution in [-0.4, -0.2) is 74.9 Å². The highest BCUT2D eigenvalue weighted by Gasteiger charge is 2.27. The van der Waals surface area contributed by atoms with E-state index in [2.05, 4.69) is 13.8 Å². The maximum Gasteiger partial charge on any atom is 0.472 e. The van der Waals surface area contributed by atoms with E-state index in [1.165, 1.54) is 51.4 Å². The molecular formula is C29H59NO8P+. The number of phosphoric ester groups is 1. The van der Waals surface area contributed by atoms with Gasteiger partial charge in [0.2, 0.25) is 0 Å². The van der Waals surface area contributed by atoms with Gasteiger partial charge in [0, 0.05) is 12.8 Å². The molecule has 0 spiro atoms. The molecule has 2 atom stereocenters. The monoisotopic (exact) mass is 580 g/mol.